The summed E-state index contributed by atoms with van der Waals surface area (Å²) in [6.07, 6.45) is 60.5. The summed E-state index contributed by atoms with van der Waals surface area (Å²) in [5.41, 5.74) is 0. The van der Waals surface area contributed by atoms with Crippen molar-refractivity contribution in [2.45, 2.75) is 257 Å². The van der Waals surface area contributed by atoms with Crippen LogP contribution < -0.4 is 5.32 Å². The molecule has 0 bridgehead atoms. The van der Waals surface area contributed by atoms with Crippen LogP contribution >= 0.6 is 7.82 Å². The molecule has 4 atom stereocenters. The molecule has 0 aliphatic rings. The van der Waals surface area contributed by atoms with E-state index in [0.29, 0.717) is 23.9 Å². The molecule has 0 radical (unpaired) electrons. The lowest BCUT2D eigenvalue weighted by Gasteiger charge is -2.28. The summed E-state index contributed by atoms with van der Waals surface area (Å²) in [5.74, 6) is -0.274. The SMILES string of the molecule is C/C=C/CC/C=C/CC/C=C/CCCC(O)C(O)C(COP(=O)(O)OCC[N+](C)(C)C)NC(=O)CCCCCCCCCCCCCCCCCCCCC/C=C\C/C=C\CCCCCCC. The number of unbranched alkanes of at least 4 members (excludes halogenated alkanes) is 27. The quantitative estimate of drug-likeness (QED) is 0.0207. The van der Waals surface area contributed by atoms with E-state index in [1.54, 1.807) is 0 Å². The molecular weight excluding hydrogens is 856 g/mol. The molecule has 0 fully saturated rings. The zero-order chi connectivity index (χ0) is 49.4. The summed E-state index contributed by atoms with van der Waals surface area (Å²) < 4.78 is 23.6. The van der Waals surface area contributed by atoms with Gasteiger partial charge in [-0.2, -0.15) is 0 Å². The second-order valence-electron chi connectivity index (χ2n) is 20.1. The summed E-state index contributed by atoms with van der Waals surface area (Å²) >= 11 is 0. The molecule has 1 amide bonds. The molecule has 10 heteroatoms. The van der Waals surface area contributed by atoms with Gasteiger partial charge >= 0.3 is 7.82 Å². The highest BCUT2D eigenvalue weighted by Crippen LogP contribution is 2.43. The lowest BCUT2D eigenvalue weighted by Crippen LogP contribution is -2.51. The first-order chi connectivity index (χ1) is 32.4. The normalized spacial score (nSPS) is 14.9. The molecule has 0 aliphatic heterocycles. The third-order valence-electron chi connectivity index (χ3n) is 12.4. The molecule has 67 heavy (non-hydrogen) atoms. The topological polar surface area (TPSA) is 125 Å². The maximum Gasteiger partial charge on any atom is 0.472 e. The number of hydrogen-bond donors (Lipinski definition) is 4. The van der Waals surface area contributed by atoms with Crippen molar-refractivity contribution in [1.82, 2.24) is 5.32 Å². The van der Waals surface area contributed by atoms with E-state index in [-0.39, 0.29) is 18.9 Å². The van der Waals surface area contributed by atoms with Gasteiger partial charge in [0.25, 0.3) is 0 Å². The number of carbonyl (C=O) groups excluding carboxylic acids is 1. The highest BCUT2D eigenvalue weighted by molar-refractivity contribution is 7.47. The Balaban J connectivity index is 4.13. The Hall–Kier alpha value is -1.84. The fourth-order valence-electron chi connectivity index (χ4n) is 7.98. The Bertz CT molecular complexity index is 1290. The Morgan fingerprint density at radius 2 is 0.955 bits per heavy atom. The van der Waals surface area contributed by atoms with Gasteiger partial charge in [-0.25, -0.2) is 4.57 Å². The summed E-state index contributed by atoms with van der Waals surface area (Å²) in [6, 6.07) is -1.06. The number of aliphatic hydroxyl groups is 2. The molecular formula is C57H108N2O7P+. The number of likely N-dealkylation sites (N-methyl/N-ethyl adjacent to an activating group) is 1. The van der Waals surface area contributed by atoms with Crippen LogP contribution in [0.4, 0.5) is 0 Å². The second-order valence-corrected chi connectivity index (χ2v) is 21.5. The second kappa shape index (κ2) is 47.8. The monoisotopic (exact) mass is 964 g/mol. The number of hydrogen-bond acceptors (Lipinski definition) is 6. The number of quaternary nitrogens is 1. The minimum atomic E-state index is -4.43. The third kappa shape index (κ3) is 49.0. The Morgan fingerprint density at radius 1 is 0.552 bits per heavy atom. The van der Waals surface area contributed by atoms with Crippen molar-refractivity contribution in [1.29, 1.82) is 0 Å². The molecule has 0 rings (SSSR count). The first kappa shape index (κ1) is 65.2. The van der Waals surface area contributed by atoms with E-state index in [4.69, 9.17) is 9.05 Å². The van der Waals surface area contributed by atoms with Gasteiger partial charge in [0.15, 0.2) is 0 Å². The smallest absolute Gasteiger partial charge is 0.390 e. The average molecular weight is 964 g/mol. The molecule has 0 heterocycles. The fourth-order valence-corrected chi connectivity index (χ4v) is 8.71. The van der Waals surface area contributed by atoms with Crippen molar-refractivity contribution in [3.8, 4) is 0 Å². The molecule has 0 aromatic carbocycles. The Morgan fingerprint density at radius 3 is 1.42 bits per heavy atom. The van der Waals surface area contributed by atoms with Crippen molar-refractivity contribution in [2.24, 2.45) is 0 Å². The van der Waals surface area contributed by atoms with Crippen LogP contribution in [-0.4, -0.2) is 84.6 Å². The number of aliphatic hydroxyl groups excluding tert-OH is 2. The highest BCUT2D eigenvalue weighted by atomic mass is 31.2. The number of allylic oxidation sites excluding steroid dienone is 10. The van der Waals surface area contributed by atoms with Crippen LogP contribution in [0.25, 0.3) is 0 Å². The molecule has 0 aromatic heterocycles. The van der Waals surface area contributed by atoms with Crippen molar-refractivity contribution in [3.63, 3.8) is 0 Å². The molecule has 0 aromatic rings. The largest absolute Gasteiger partial charge is 0.472 e. The number of carbonyl (C=O) groups is 1. The van der Waals surface area contributed by atoms with Crippen LogP contribution in [-0.2, 0) is 18.4 Å². The molecule has 4 unspecified atom stereocenters. The zero-order valence-corrected chi connectivity index (χ0v) is 45.1. The number of phosphoric acid groups is 1. The van der Waals surface area contributed by atoms with Crippen LogP contribution in [0, 0.1) is 0 Å². The van der Waals surface area contributed by atoms with Crippen LogP contribution in [0.3, 0.4) is 0 Å². The predicted octanol–water partition coefficient (Wildman–Crippen LogP) is 15.5. The molecule has 0 aliphatic carbocycles. The van der Waals surface area contributed by atoms with Gasteiger partial charge in [-0.05, 0) is 90.4 Å². The van der Waals surface area contributed by atoms with Gasteiger partial charge in [-0.3, -0.25) is 13.8 Å². The summed E-state index contributed by atoms with van der Waals surface area (Å²) in [5, 5.41) is 24.7. The van der Waals surface area contributed by atoms with Gasteiger partial charge in [-0.15, -0.1) is 0 Å². The van der Waals surface area contributed by atoms with Gasteiger partial charge in [-0.1, -0.05) is 203 Å². The van der Waals surface area contributed by atoms with E-state index in [9.17, 15) is 24.5 Å². The standard InChI is InChI=1S/C57H107N2O7P/c1-6-8-10-12-14-16-18-20-21-22-23-24-25-26-27-28-29-30-31-32-33-34-35-36-37-38-40-42-44-46-48-50-56(61)58-54(53-66-67(63,64)65-52-51-59(3,4)5)57(62)55(60)49-47-45-43-41-39-19-17-15-13-11-9-7-2/h7,9,15,17-18,20,22-23,41,43,54-55,57,60,62H,6,8,10-14,16,19,21,24-40,42,44-53H2,1-5H3,(H-,58,61,63,64)/p+1/b9-7+,17-15+,20-18-,23-22-,43-41+. The van der Waals surface area contributed by atoms with Crippen molar-refractivity contribution in [3.05, 3.63) is 60.8 Å². The fraction of sp³-hybridized carbons (Fsp3) is 0.807. The number of phosphoric ester groups is 1. The minimum Gasteiger partial charge on any atom is -0.390 e. The molecule has 392 valence electrons. The number of amides is 1. The Labute approximate surface area is 414 Å². The van der Waals surface area contributed by atoms with Crippen molar-refractivity contribution in [2.75, 3.05) is 40.9 Å². The van der Waals surface area contributed by atoms with Crippen molar-refractivity contribution >= 4 is 13.7 Å². The van der Waals surface area contributed by atoms with E-state index in [0.717, 1.165) is 57.8 Å². The van der Waals surface area contributed by atoms with E-state index < -0.39 is 32.7 Å². The number of rotatable bonds is 50. The predicted molar refractivity (Wildman–Crippen MR) is 287 cm³/mol. The van der Waals surface area contributed by atoms with Crippen molar-refractivity contribution < 1.29 is 38.0 Å². The van der Waals surface area contributed by atoms with Gasteiger partial charge in [0, 0.05) is 6.42 Å². The van der Waals surface area contributed by atoms with E-state index >= 15 is 0 Å². The van der Waals surface area contributed by atoms with Crippen LogP contribution in [0.5, 0.6) is 0 Å². The molecule has 9 nitrogen and oxygen atoms in total. The van der Waals surface area contributed by atoms with E-state index in [2.05, 4.69) is 73.0 Å². The van der Waals surface area contributed by atoms with Crippen LogP contribution in [0.15, 0.2) is 60.8 Å². The first-order valence-corrected chi connectivity index (χ1v) is 29.2. The summed E-state index contributed by atoms with van der Waals surface area (Å²) in [6.45, 7) is 4.36. The van der Waals surface area contributed by atoms with Gasteiger partial charge in [0.2, 0.25) is 5.91 Å². The van der Waals surface area contributed by atoms with Gasteiger partial charge in [0.05, 0.1) is 39.9 Å². The van der Waals surface area contributed by atoms with Crippen LogP contribution in [0.2, 0.25) is 0 Å². The third-order valence-corrected chi connectivity index (χ3v) is 13.4. The first-order valence-electron chi connectivity index (χ1n) is 27.7. The van der Waals surface area contributed by atoms with E-state index in [1.807, 2.05) is 28.1 Å². The minimum absolute atomic E-state index is 0.0115. The lowest BCUT2D eigenvalue weighted by atomic mass is 10.0. The Kier molecular flexibility index (Phi) is 46.5. The highest BCUT2D eigenvalue weighted by Gasteiger charge is 2.31. The van der Waals surface area contributed by atoms with E-state index in [1.165, 1.54) is 148 Å². The maximum absolute atomic E-state index is 13.0. The number of nitrogens with zero attached hydrogens (tertiary/aromatic N) is 1. The summed E-state index contributed by atoms with van der Waals surface area (Å²) in [4.78, 5) is 23.3. The molecule has 0 saturated heterocycles. The maximum atomic E-state index is 13.0. The van der Waals surface area contributed by atoms with Crippen LogP contribution in [0.1, 0.15) is 239 Å². The number of nitrogens with one attached hydrogen (secondary N) is 1. The summed E-state index contributed by atoms with van der Waals surface area (Å²) in [7, 11) is 1.40. The molecule has 4 N–H and O–H groups in total. The average Bonchev–Trinajstić information content (AvgIpc) is 3.29. The zero-order valence-electron chi connectivity index (χ0n) is 44.2. The lowest BCUT2D eigenvalue weighted by molar-refractivity contribution is -0.870. The van der Waals surface area contributed by atoms with Gasteiger partial charge < -0.3 is 24.9 Å². The molecule has 0 spiro atoms. The molecule has 0 saturated carbocycles. The van der Waals surface area contributed by atoms with Gasteiger partial charge in [0.1, 0.15) is 19.3 Å².